The number of hydrogen-bond donors (Lipinski definition) is 1. The fraction of sp³-hybridized carbons (Fsp3) is 0.581. The summed E-state index contributed by atoms with van der Waals surface area (Å²) in [6, 6.07) is 17.1. The van der Waals surface area contributed by atoms with Gasteiger partial charge < -0.3 is 71.4 Å². The first-order valence-corrected chi connectivity index (χ1v) is 20.4. The molecule has 0 amide bonds. The van der Waals surface area contributed by atoms with Gasteiger partial charge in [0.05, 0.1) is 24.9 Å². The lowest BCUT2D eigenvalue weighted by molar-refractivity contribution is -0.395. The van der Waals surface area contributed by atoms with E-state index in [2.05, 4.69) is 0 Å². The quantitative estimate of drug-likeness (QED) is 0.209. The Hall–Kier alpha value is -5.10. The molecule has 4 aliphatic rings. The van der Waals surface area contributed by atoms with Crippen LogP contribution in [-0.4, -0.2) is 153 Å². The first-order chi connectivity index (χ1) is 30.6. The van der Waals surface area contributed by atoms with E-state index in [-0.39, 0.29) is 12.2 Å². The molecule has 1 unspecified atom stereocenters. The second kappa shape index (κ2) is 21.7. The molecule has 21 nitrogen and oxygen atoms in total. The molecule has 4 fully saturated rings. The van der Waals surface area contributed by atoms with Crippen LogP contribution in [0, 0.1) is 0 Å². The Labute approximate surface area is 367 Å². The number of methoxy groups -OCH3 is 1. The van der Waals surface area contributed by atoms with Gasteiger partial charge in [0.15, 0.2) is 61.8 Å². The number of carbonyl (C=O) groups excluding carboxylic acids is 6. The summed E-state index contributed by atoms with van der Waals surface area (Å²) in [5, 5.41) is 10.4. The van der Waals surface area contributed by atoms with Crippen molar-refractivity contribution in [2.24, 2.45) is 0 Å². The van der Waals surface area contributed by atoms with Gasteiger partial charge in [0.1, 0.15) is 30.5 Å². The number of carbonyl (C=O) groups is 6. The van der Waals surface area contributed by atoms with Crippen LogP contribution in [0.2, 0.25) is 0 Å². The predicted molar refractivity (Wildman–Crippen MR) is 209 cm³/mol. The number of esters is 6. The van der Waals surface area contributed by atoms with Crippen LogP contribution in [0.1, 0.15) is 63.8 Å². The molecule has 6 rings (SSSR count). The van der Waals surface area contributed by atoms with Crippen LogP contribution in [0.4, 0.5) is 0 Å². The zero-order valence-electron chi connectivity index (χ0n) is 36.0. The maximum atomic E-state index is 13.7. The molecule has 2 aromatic rings. The van der Waals surface area contributed by atoms with Crippen LogP contribution < -0.4 is 0 Å². The molecule has 0 radical (unpaired) electrons. The summed E-state index contributed by atoms with van der Waals surface area (Å²) in [5.74, 6) is -5.12. The highest BCUT2D eigenvalue weighted by molar-refractivity contribution is 5.89. The van der Waals surface area contributed by atoms with E-state index in [1.54, 1.807) is 54.6 Å². The molecule has 0 aliphatic carbocycles. The van der Waals surface area contributed by atoms with E-state index < -0.39 is 141 Å². The van der Waals surface area contributed by atoms with Crippen molar-refractivity contribution in [1.82, 2.24) is 0 Å². The van der Waals surface area contributed by atoms with Crippen LogP contribution in [0.25, 0.3) is 0 Å². The van der Waals surface area contributed by atoms with E-state index in [0.29, 0.717) is 5.56 Å². The summed E-state index contributed by atoms with van der Waals surface area (Å²) < 4.78 is 84.0. The number of rotatable bonds is 14. The first kappa shape index (κ1) is 48.4. The Morgan fingerprint density at radius 2 is 1.05 bits per heavy atom. The van der Waals surface area contributed by atoms with Crippen molar-refractivity contribution in [3.63, 3.8) is 0 Å². The molecule has 4 heterocycles. The highest BCUT2D eigenvalue weighted by Gasteiger charge is 2.59. The SMILES string of the molecule is CO[C@H]1O[C@@H]2COC(c3ccccc3)O[C@H]2[C@H](O[C@@H]2O[C@@H](C)[C@H](O[C@@H]3O[C@H](CO)[C@@H](OC(C)=O)[C@H](OC(C)=O)[C@H]3OC(C)=O)[C@@H](OC(C)=O)[C@H]2OC(C)=O)[C@H]1OC(=O)c1ccccc1. The summed E-state index contributed by atoms with van der Waals surface area (Å²) in [6.45, 7) is 6.02. The summed E-state index contributed by atoms with van der Waals surface area (Å²) in [7, 11) is 1.33. The van der Waals surface area contributed by atoms with Gasteiger partial charge in [-0.3, -0.25) is 24.0 Å². The molecule has 1 N–H and O–H groups in total. The Morgan fingerprint density at radius 1 is 0.562 bits per heavy atom. The van der Waals surface area contributed by atoms with Crippen molar-refractivity contribution in [2.45, 2.75) is 140 Å². The second-order valence-corrected chi connectivity index (χ2v) is 15.2. The largest absolute Gasteiger partial charge is 0.456 e. The van der Waals surface area contributed by atoms with Gasteiger partial charge in [0.25, 0.3) is 0 Å². The average molecular weight is 905 g/mol. The summed E-state index contributed by atoms with van der Waals surface area (Å²) in [6.07, 6.45) is -22.3. The van der Waals surface area contributed by atoms with Crippen molar-refractivity contribution < 1.29 is 100 Å². The van der Waals surface area contributed by atoms with Gasteiger partial charge in [-0.2, -0.15) is 0 Å². The van der Waals surface area contributed by atoms with E-state index in [1.165, 1.54) is 14.0 Å². The lowest BCUT2D eigenvalue weighted by Crippen LogP contribution is -2.68. The van der Waals surface area contributed by atoms with Crippen molar-refractivity contribution in [3.05, 3.63) is 71.8 Å². The standard InChI is InChI=1S/C43H52O21/c1-20-30(62-43-38(58-25(6)49)34(56-23(4)47)31(54-21(2)45)28(18-44)59-43)33(55-22(3)46)37(57-24(5)48)42(53-20)64-35-32-29(19-52-40(63-32)27-16-12-9-13-17-27)60-41(51-7)36(35)61-39(50)26-14-10-8-11-15-26/h8-17,20,28-38,40-44H,18-19H2,1-7H3/t20-,28+,29+,30-,31+,32+,33+,34-,35-,36+,37+,38+,40?,41-,42-,43-/m0/s1. The topological polar surface area (TPSA) is 252 Å². The molecule has 4 saturated heterocycles. The van der Waals surface area contributed by atoms with Crippen LogP contribution in [-0.2, 0) is 90.3 Å². The first-order valence-electron chi connectivity index (χ1n) is 20.4. The summed E-state index contributed by atoms with van der Waals surface area (Å²) in [5.41, 5.74) is 0.844. The number of ether oxygens (including phenoxy) is 14. The minimum absolute atomic E-state index is 0.0308. The summed E-state index contributed by atoms with van der Waals surface area (Å²) in [4.78, 5) is 76.5. The number of aliphatic hydroxyl groups is 1. The Bertz CT molecular complexity index is 1930. The molecule has 0 spiro atoms. The number of benzene rings is 2. The molecule has 350 valence electrons. The predicted octanol–water partition coefficient (Wildman–Crippen LogP) is 1.59. The fourth-order valence-corrected chi connectivity index (χ4v) is 7.90. The molecule has 0 bridgehead atoms. The molecule has 21 heteroatoms. The minimum Gasteiger partial charge on any atom is -0.456 e. The maximum absolute atomic E-state index is 13.7. The Kier molecular flexibility index (Phi) is 16.4. The molecule has 0 saturated carbocycles. The summed E-state index contributed by atoms with van der Waals surface area (Å²) >= 11 is 0. The van der Waals surface area contributed by atoms with E-state index in [4.69, 9.17) is 66.3 Å². The van der Waals surface area contributed by atoms with E-state index in [9.17, 15) is 33.9 Å². The van der Waals surface area contributed by atoms with Gasteiger partial charge in [-0.1, -0.05) is 48.5 Å². The lowest BCUT2D eigenvalue weighted by Gasteiger charge is -2.51. The smallest absolute Gasteiger partial charge is 0.338 e. The number of aliphatic hydroxyl groups excluding tert-OH is 1. The number of fused-ring (bicyclic) bond motifs is 1. The zero-order valence-corrected chi connectivity index (χ0v) is 36.0. The third-order valence-corrected chi connectivity index (χ3v) is 10.4. The number of hydrogen-bond acceptors (Lipinski definition) is 21. The Morgan fingerprint density at radius 3 is 1.59 bits per heavy atom. The van der Waals surface area contributed by atoms with Crippen LogP contribution in [0.5, 0.6) is 0 Å². The van der Waals surface area contributed by atoms with Crippen molar-refractivity contribution in [3.8, 4) is 0 Å². The molecule has 64 heavy (non-hydrogen) atoms. The maximum Gasteiger partial charge on any atom is 0.338 e. The van der Waals surface area contributed by atoms with Crippen molar-refractivity contribution in [2.75, 3.05) is 20.3 Å². The van der Waals surface area contributed by atoms with Crippen molar-refractivity contribution >= 4 is 35.8 Å². The fourth-order valence-electron chi connectivity index (χ4n) is 7.90. The molecule has 0 aromatic heterocycles. The van der Waals surface area contributed by atoms with Crippen LogP contribution in [0.15, 0.2) is 60.7 Å². The third-order valence-electron chi connectivity index (χ3n) is 10.4. The average Bonchev–Trinajstić information content (AvgIpc) is 3.25. The molecule has 2 aromatic carbocycles. The molecule has 4 aliphatic heterocycles. The van der Waals surface area contributed by atoms with Gasteiger partial charge >= 0.3 is 35.8 Å². The zero-order chi connectivity index (χ0) is 46.2. The van der Waals surface area contributed by atoms with Crippen LogP contribution >= 0.6 is 0 Å². The highest BCUT2D eigenvalue weighted by Crippen LogP contribution is 2.40. The van der Waals surface area contributed by atoms with E-state index >= 15 is 0 Å². The lowest BCUT2D eigenvalue weighted by atomic mass is 9.95. The van der Waals surface area contributed by atoms with Crippen molar-refractivity contribution in [1.29, 1.82) is 0 Å². The van der Waals surface area contributed by atoms with Gasteiger partial charge in [0, 0.05) is 47.3 Å². The van der Waals surface area contributed by atoms with E-state index in [1.807, 2.05) is 6.07 Å². The van der Waals surface area contributed by atoms with E-state index in [0.717, 1.165) is 34.6 Å². The Balaban J connectivity index is 1.38. The normalized spacial score (nSPS) is 34.8. The van der Waals surface area contributed by atoms with Gasteiger partial charge in [0.2, 0.25) is 0 Å². The van der Waals surface area contributed by atoms with Gasteiger partial charge in [-0.05, 0) is 19.1 Å². The van der Waals surface area contributed by atoms with Crippen LogP contribution in [0.3, 0.4) is 0 Å². The highest BCUT2D eigenvalue weighted by atomic mass is 16.8. The molecular formula is C43H52O21. The third kappa shape index (κ3) is 11.6. The van der Waals surface area contributed by atoms with Gasteiger partial charge in [-0.25, -0.2) is 4.79 Å². The second-order valence-electron chi connectivity index (χ2n) is 15.2. The minimum atomic E-state index is -1.74. The molecule has 16 atom stereocenters. The van der Waals surface area contributed by atoms with Gasteiger partial charge in [-0.15, -0.1) is 0 Å². The molecular weight excluding hydrogens is 852 g/mol. The monoisotopic (exact) mass is 904 g/mol.